The van der Waals surface area contributed by atoms with Crippen molar-refractivity contribution < 1.29 is 8.42 Å². The number of rotatable bonds is 6. The fraction of sp³-hybridized carbons (Fsp3) is 1.00. The van der Waals surface area contributed by atoms with Crippen LogP contribution in [0.2, 0.25) is 0 Å². The summed E-state index contributed by atoms with van der Waals surface area (Å²) in [6.45, 7) is 6.06. The Morgan fingerprint density at radius 2 is 1.76 bits per heavy atom. The van der Waals surface area contributed by atoms with Crippen LogP contribution in [0.5, 0.6) is 0 Å². The van der Waals surface area contributed by atoms with Crippen LogP contribution in [0.4, 0.5) is 0 Å². The molecule has 1 saturated heterocycles. The van der Waals surface area contributed by atoms with Crippen LogP contribution in [0.25, 0.3) is 0 Å². The highest BCUT2D eigenvalue weighted by atomic mass is 32.2. The topological polar surface area (TPSA) is 66.6 Å². The molecule has 0 aliphatic carbocycles. The van der Waals surface area contributed by atoms with Gasteiger partial charge in [-0.3, -0.25) is 0 Å². The largest absolute Gasteiger partial charge is 0.328 e. The van der Waals surface area contributed by atoms with E-state index in [2.05, 4.69) is 4.90 Å². The summed E-state index contributed by atoms with van der Waals surface area (Å²) in [7, 11) is -3.00. The number of hydrogen-bond acceptors (Lipinski definition) is 4. The van der Waals surface area contributed by atoms with Gasteiger partial charge in [-0.15, -0.1) is 0 Å². The van der Waals surface area contributed by atoms with Gasteiger partial charge in [-0.05, 0) is 26.3 Å². The minimum absolute atomic E-state index is 0.289. The molecule has 0 bridgehead atoms. The Labute approximate surface area is 105 Å². The molecule has 1 rings (SSSR count). The van der Waals surface area contributed by atoms with Crippen LogP contribution in [0.1, 0.15) is 26.2 Å². The van der Waals surface area contributed by atoms with Gasteiger partial charge in [-0.2, -0.15) is 4.31 Å². The SMILES string of the molecule is CC(N)CCCCN1CCN(S(C)(=O)=O)CC1. The second kappa shape index (κ2) is 6.68. The van der Waals surface area contributed by atoms with Crippen LogP contribution in [0.15, 0.2) is 0 Å². The molecule has 6 heteroatoms. The van der Waals surface area contributed by atoms with Crippen LogP contribution in [0, 0.1) is 0 Å². The highest BCUT2D eigenvalue weighted by Gasteiger charge is 2.22. The number of hydrogen-bond donors (Lipinski definition) is 1. The van der Waals surface area contributed by atoms with E-state index in [1.54, 1.807) is 4.31 Å². The average Bonchev–Trinajstić information content (AvgIpc) is 2.23. The lowest BCUT2D eigenvalue weighted by Gasteiger charge is -2.33. The smallest absolute Gasteiger partial charge is 0.211 e. The van der Waals surface area contributed by atoms with Crippen LogP contribution in [-0.4, -0.2) is 62.6 Å². The zero-order chi connectivity index (χ0) is 12.9. The third-order valence-electron chi connectivity index (χ3n) is 3.18. The van der Waals surface area contributed by atoms with Crippen molar-refractivity contribution in [1.82, 2.24) is 9.21 Å². The van der Waals surface area contributed by atoms with Crippen molar-refractivity contribution in [1.29, 1.82) is 0 Å². The highest BCUT2D eigenvalue weighted by molar-refractivity contribution is 7.88. The molecule has 0 saturated carbocycles. The Kier molecular flexibility index (Phi) is 5.85. The summed E-state index contributed by atoms with van der Waals surface area (Å²) in [6.07, 6.45) is 4.67. The molecule has 0 radical (unpaired) electrons. The normalized spacial score (nSPS) is 21.6. The summed E-state index contributed by atoms with van der Waals surface area (Å²) in [5.41, 5.74) is 5.69. The van der Waals surface area contributed by atoms with E-state index < -0.39 is 10.0 Å². The number of nitrogens with two attached hydrogens (primary N) is 1. The molecular weight excluding hydrogens is 238 g/mol. The lowest BCUT2D eigenvalue weighted by Crippen LogP contribution is -2.48. The maximum atomic E-state index is 11.3. The molecule has 1 aliphatic rings. The first kappa shape index (κ1) is 14.9. The highest BCUT2D eigenvalue weighted by Crippen LogP contribution is 2.08. The maximum Gasteiger partial charge on any atom is 0.211 e. The second-order valence-electron chi connectivity index (χ2n) is 4.98. The number of piperazine rings is 1. The fourth-order valence-electron chi connectivity index (χ4n) is 2.09. The molecular formula is C11H25N3O2S. The summed E-state index contributed by atoms with van der Waals surface area (Å²) >= 11 is 0. The van der Waals surface area contributed by atoms with E-state index in [4.69, 9.17) is 5.73 Å². The first-order valence-corrected chi connectivity index (χ1v) is 8.17. The van der Waals surface area contributed by atoms with Gasteiger partial charge in [-0.1, -0.05) is 6.42 Å². The molecule has 2 N–H and O–H groups in total. The first-order chi connectivity index (χ1) is 7.89. The standard InChI is InChI=1S/C11H25N3O2S/c1-11(12)5-3-4-6-13-7-9-14(10-8-13)17(2,15)16/h11H,3-10,12H2,1-2H3. The molecule has 0 aromatic carbocycles. The van der Waals surface area contributed by atoms with E-state index in [1.165, 1.54) is 6.26 Å². The Morgan fingerprint density at radius 3 is 2.24 bits per heavy atom. The molecule has 102 valence electrons. The Bertz CT molecular complexity index is 309. The van der Waals surface area contributed by atoms with Crippen molar-refractivity contribution in [3.05, 3.63) is 0 Å². The lowest BCUT2D eigenvalue weighted by molar-refractivity contribution is 0.185. The van der Waals surface area contributed by atoms with Gasteiger partial charge in [0.25, 0.3) is 0 Å². The summed E-state index contributed by atoms with van der Waals surface area (Å²) < 4.78 is 24.2. The maximum absolute atomic E-state index is 11.3. The van der Waals surface area contributed by atoms with E-state index in [9.17, 15) is 8.42 Å². The zero-order valence-electron chi connectivity index (χ0n) is 10.9. The molecule has 0 amide bonds. The van der Waals surface area contributed by atoms with E-state index >= 15 is 0 Å². The van der Waals surface area contributed by atoms with Crippen LogP contribution >= 0.6 is 0 Å². The molecule has 0 aromatic heterocycles. The van der Waals surface area contributed by atoms with Crippen molar-refractivity contribution in [2.24, 2.45) is 5.73 Å². The molecule has 5 nitrogen and oxygen atoms in total. The van der Waals surface area contributed by atoms with Crippen LogP contribution < -0.4 is 5.73 Å². The summed E-state index contributed by atoms with van der Waals surface area (Å²) in [6, 6.07) is 0.289. The van der Waals surface area contributed by atoms with Crippen molar-refractivity contribution in [2.75, 3.05) is 39.0 Å². The summed E-state index contributed by atoms with van der Waals surface area (Å²) in [4.78, 5) is 2.34. The quantitative estimate of drug-likeness (QED) is 0.689. The monoisotopic (exact) mass is 263 g/mol. The third kappa shape index (κ3) is 5.81. The minimum Gasteiger partial charge on any atom is -0.328 e. The van der Waals surface area contributed by atoms with Gasteiger partial charge in [0.1, 0.15) is 0 Å². The van der Waals surface area contributed by atoms with Crippen molar-refractivity contribution >= 4 is 10.0 Å². The Balaban J connectivity index is 2.15. The Hall–Kier alpha value is -0.170. The Morgan fingerprint density at radius 1 is 1.18 bits per heavy atom. The number of nitrogens with zero attached hydrogens (tertiary/aromatic N) is 2. The summed E-state index contributed by atoms with van der Waals surface area (Å²) in [5.74, 6) is 0. The van der Waals surface area contributed by atoms with E-state index in [-0.39, 0.29) is 6.04 Å². The minimum atomic E-state index is -3.00. The van der Waals surface area contributed by atoms with Gasteiger partial charge in [-0.25, -0.2) is 8.42 Å². The predicted molar refractivity (Wildman–Crippen MR) is 70.4 cm³/mol. The number of unbranched alkanes of at least 4 members (excludes halogenated alkanes) is 1. The van der Waals surface area contributed by atoms with E-state index in [1.807, 2.05) is 6.92 Å². The van der Waals surface area contributed by atoms with Crippen molar-refractivity contribution in [2.45, 2.75) is 32.2 Å². The first-order valence-electron chi connectivity index (χ1n) is 6.32. The van der Waals surface area contributed by atoms with Gasteiger partial charge >= 0.3 is 0 Å². The fourth-order valence-corrected chi connectivity index (χ4v) is 2.91. The molecule has 1 fully saturated rings. The third-order valence-corrected chi connectivity index (χ3v) is 4.49. The van der Waals surface area contributed by atoms with Crippen LogP contribution in [-0.2, 0) is 10.0 Å². The van der Waals surface area contributed by atoms with E-state index in [0.29, 0.717) is 13.1 Å². The van der Waals surface area contributed by atoms with Crippen molar-refractivity contribution in [3.8, 4) is 0 Å². The van der Waals surface area contributed by atoms with Gasteiger partial charge < -0.3 is 10.6 Å². The molecule has 1 unspecified atom stereocenters. The number of sulfonamides is 1. The molecule has 1 aliphatic heterocycles. The average molecular weight is 263 g/mol. The second-order valence-corrected chi connectivity index (χ2v) is 6.96. The van der Waals surface area contributed by atoms with Crippen molar-refractivity contribution in [3.63, 3.8) is 0 Å². The van der Waals surface area contributed by atoms with Gasteiger partial charge in [0, 0.05) is 32.2 Å². The van der Waals surface area contributed by atoms with Gasteiger partial charge in [0.15, 0.2) is 0 Å². The molecule has 17 heavy (non-hydrogen) atoms. The van der Waals surface area contributed by atoms with Gasteiger partial charge in [0.2, 0.25) is 10.0 Å². The molecule has 1 heterocycles. The van der Waals surface area contributed by atoms with Gasteiger partial charge in [0.05, 0.1) is 6.26 Å². The van der Waals surface area contributed by atoms with E-state index in [0.717, 1.165) is 38.9 Å². The molecule has 0 spiro atoms. The zero-order valence-corrected chi connectivity index (χ0v) is 11.7. The predicted octanol–water partition coefficient (Wildman–Crippen LogP) is 0.0811. The molecule has 1 atom stereocenters. The lowest BCUT2D eigenvalue weighted by atomic mass is 10.1. The summed E-state index contributed by atoms with van der Waals surface area (Å²) in [5, 5.41) is 0. The van der Waals surface area contributed by atoms with Crippen LogP contribution in [0.3, 0.4) is 0 Å². The molecule has 0 aromatic rings.